The number of ether oxygens (including phenoxy) is 3. The molecule has 2 aromatic rings. The van der Waals surface area contributed by atoms with Crippen molar-refractivity contribution >= 4 is 11.4 Å². The molecule has 0 aliphatic carbocycles. The van der Waals surface area contributed by atoms with Crippen molar-refractivity contribution in [1.82, 2.24) is 0 Å². The number of rotatable bonds is 10. The average molecular weight is 543 g/mol. The van der Waals surface area contributed by atoms with Gasteiger partial charge >= 0.3 is 0 Å². The fourth-order valence-corrected chi connectivity index (χ4v) is 3.78. The summed E-state index contributed by atoms with van der Waals surface area (Å²) in [5.74, 6) is 1.07. The predicted octanol–water partition coefficient (Wildman–Crippen LogP) is 7.66. The van der Waals surface area contributed by atoms with Crippen molar-refractivity contribution in [3.63, 3.8) is 0 Å². The summed E-state index contributed by atoms with van der Waals surface area (Å²) >= 11 is 0. The van der Waals surface area contributed by atoms with Gasteiger partial charge < -0.3 is 14.2 Å². The number of benzene rings is 2. The van der Waals surface area contributed by atoms with E-state index in [-0.39, 0.29) is 10.8 Å². The Bertz CT molecular complexity index is 986. The van der Waals surface area contributed by atoms with Crippen molar-refractivity contribution in [2.45, 2.75) is 105 Å². The highest BCUT2D eigenvalue weighted by Gasteiger charge is 2.28. The highest BCUT2D eigenvalue weighted by Crippen LogP contribution is 2.37. The molecule has 0 fully saturated rings. The predicted molar refractivity (Wildman–Crippen MR) is 158 cm³/mol. The Hall–Kier alpha value is -2.48. The SMILES string of the molecule is CC(C)(C)c1ccc(OCCOCCOc2ccc(C(C)(C)C)cc2N([O])C(C)(C)C)c(N([O])C(C)(C)C)c1. The first kappa shape index (κ1) is 32.7. The zero-order valence-corrected chi connectivity index (χ0v) is 26.2. The molecule has 7 nitrogen and oxygen atoms in total. The number of nitrogens with zero attached hydrogens (tertiary/aromatic N) is 2. The Labute approximate surface area is 236 Å². The Morgan fingerprint density at radius 3 is 1.15 bits per heavy atom. The van der Waals surface area contributed by atoms with Crippen LogP contribution in [0.3, 0.4) is 0 Å². The second-order valence-electron chi connectivity index (χ2n) is 14.1. The molecule has 0 atom stereocenters. The van der Waals surface area contributed by atoms with Crippen LogP contribution in [0.25, 0.3) is 0 Å². The lowest BCUT2D eigenvalue weighted by Gasteiger charge is -2.31. The Kier molecular flexibility index (Phi) is 10.4. The fourth-order valence-electron chi connectivity index (χ4n) is 3.78. The summed E-state index contributed by atoms with van der Waals surface area (Å²) in [6.07, 6.45) is 0. The van der Waals surface area contributed by atoms with Gasteiger partial charge in [-0.25, -0.2) is 10.1 Å². The third kappa shape index (κ3) is 9.30. The lowest BCUT2D eigenvalue weighted by molar-refractivity contribution is 0.0719. The van der Waals surface area contributed by atoms with E-state index in [4.69, 9.17) is 14.2 Å². The van der Waals surface area contributed by atoms with E-state index >= 15 is 0 Å². The summed E-state index contributed by atoms with van der Waals surface area (Å²) in [7, 11) is 0. The van der Waals surface area contributed by atoms with E-state index in [1.54, 1.807) is 0 Å². The van der Waals surface area contributed by atoms with Gasteiger partial charge in [-0.05, 0) is 87.8 Å². The maximum absolute atomic E-state index is 13.1. The lowest BCUT2D eigenvalue weighted by Crippen LogP contribution is -2.38. The lowest BCUT2D eigenvalue weighted by atomic mass is 9.86. The van der Waals surface area contributed by atoms with Gasteiger partial charge in [-0.15, -0.1) is 0 Å². The molecule has 0 aliphatic heterocycles. The van der Waals surface area contributed by atoms with Crippen molar-refractivity contribution in [2.75, 3.05) is 36.6 Å². The Morgan fingerprint density at radius 2 is 0.872 bits per heavy atom. The molecule has 218 valence electrons. The topological polar surface area (TPSA) is 74.0 Å². The molecule has 2 radical (unpaired) electrons. The molecular formula is C32H50N2O5. The van der Waals surface area contributed by atoms with Crippen LogP contribution in [0.15, 0.2) is 36.4 Å². The molecule has 0 bridgehead atoms. The van der Waals surface area contributed by atoms with Crippen molar-refractivity contribution in [3.8, 4) is 11.5 Å². The van der Waals surface area contributed by atoms with E-state index in [1.165, 1.54) is 0 Å². The molecule has 0 saturated heterocycles. The van der Waals surface area contributed by atoms with Crippen LogP contribution >= 0.6 is 0 Å². The molecule has 0 aromatic heterocycles. The maximum Gasteiger partial charge on any atom is 0.145 e. The van der Waals surface area contributed by atoms with E-state index in [2.05, 4.69) is 41.5 Å². The van der Waals surface area contributed by atoms with Crippen LogP contribution in [0.1, 0.15) is 94.2 Å². The van der Waals surface area contributed by atoms with Crippen LogP contribution in [0.4, 0.5) is 11.4 Å². The van der Waals surface area contributed by atoms with E-state index in [9.17, 15) is 10.4 Å². The van der Waals surface area contributed by atoms with Gasteiger partial charge in [-0.2, -0.15) is 0 Å². The van der Waals surface area contributed by atoms with E-state index in [0.29, 0.717) is 49.3 Å². The van der Waals surface area contributed by atoms with Crippen LogP contribution in [-0.4, -0.2) is 37.5 Å². The van der Waals surface area contributed by atoms with Crippen molar-refractivity contribution < 1.29 is 24.6 Å². The maximum atomic E-state index is 13.1. The summed E-state index contributed by atoms with van der Waals surface area (Å²) in [4.78, 5) is 0. The quantitative estimate of drug-likeness (QED) is 0.228. The zero-order chi connectivity index (χ0) is 29.8. The molecule has 0 N–H and O–H groups in total. The molecule has 0 unspecified atom stereocenters. The minimum absolute atomic E-state index is 0.0853. The first-order chi connectivity index (χ1) is 17.7. The first-order valence-corrected chi connectivity index (χ1v) is 13.8. The highest BCUT2D eigenvalue weighted by molar-refractivity contribution is 5.61. The monoisotopic (exact) mass is 542 g/mol. The van der Waals surface area contributed by atoms with Crippen LogP contribution in [0.5, 0.6) is 11.5 Å². The van der Waals surface area contributed by atoms with Gasteiger partial charge in [0.1, 0.15) is 36.1 Å². The van der Waals surface area contributed by atoms with E-state index < -0.39 is 11.1 Å². The normalized spacial score (nSPS) is 12.9. The molecule has 0 spiro atoms. The summed E-state index contributed by atoms with van der Waals surface area (Å²) in [6, 6.07) is 11.6. The third-order valence-corrected chi connectivity index (χ3v) is 6.28. The summed E-state index contributed by atoms with van der Waals surface area (Å²) in [5.41, 5.74) is 1.81. The zero-order valence-electron chi connectivity index (χ0n) is 26.2. The van der Waals surface area contributed by atoms with Crippen molar-refractivity contribution in [3.05, 3.63) is 47.5 Å². The summed E-state index contributed by atoms with van der Waals surface area (Å²) in [6.45, 7) is 25.3. The van der Waals surface area contributed by atoms with Gasteiger partial charge in [-0.3, -0.25) is 0 Å². The Balaban J connectivity index is 1.99. The standard InChI is InChI=1S/C32H50N2O5/c1-29(2,3)23-13-15-27(25(21-23)33(35)31(7,8)9)38-19-17-37-18-20-39-28-16-14-24(30(4,5)6)22-26(28)34(36)32(10,11)12/h13-16,21-22H,17-20H2,1-12H3. The molecule has 0 amide bonds. The van der Waals surface area contributed by atoms with Crippen LogP contribution in [0.2, 0.25) is 0 Å². The van der Waals surface area contributed by atoms with E-state index in [1.807, 2.05) is 77.9 Å². The van der Waals surface area contributed by atoms with Crippen molar-refractivity contribution in [2.24, 2.45) is 0 Å². The average Bonchev–Trinajstić information content (AvgIpc) is 2.80. The minimum atomic E-state index is -0.598. The minimum Gasteiger partial charge on any atom is -0.489 e. The fraction of sp³-hybridized carbons (Fsp3) is 0.625. The Morgan fingerprint density at radius 1 is 0.538 bits per heavy atom. The van der Waals surface area contributed by atoms with Gasteiger partial charge in [0.2, 0.25) is 0 Å². The molecular weight excluding hydrogens is 492 g/mol. The molecule has 2 rings (SSSR count). The number of hydroxylamine groups is 2. The molecule has 0 heterocycles. The van der Waals surface area contributed by atoms with Gasteiger partial charge in [0.15, 0.2) is 0 Å². The van der Waals surface area contributed by atoms with Gasteiger partial charge in [-0.1, -0.05) is 64.1 Å². The highest BCUT2D eigenvalue weighted by atomic mass is 16.6. The van der Waals surface area contributed by atoms with Gasteiger partial charge in [0, 0.05) is 0 Å². The van der Waals surface area contributed by atoms with Crippen LogP contribution in [-0.2, 0) is 26.0 Å². The largest absolute Gasteiger partial charge is 0.489 e. The van der Waals surface area contributed by atoms with E-state index in [0.717, 1.165) is 21.3 Å². The van der Waals surface area contributed by atoms with Crippen LogP contribution in [0, 0.1) is 0 Å². The summed E-state index contributed by atoms with van der Waals surface area (Å²) in [5, 5.41) is 28.1. The third-order valence-electron chi connectivity index (χ3n) is 6.28. The first-order valence-electron chi connectivity index (χ1n) is 13.8. The second kappa shape index (κ2) is 12.4. The molecule has 0 saturated carbocycles. The number of hydrogen-bond donors (Lipinski definition) is 0. The van der Waals surface area contributed by atoms with Gasteiger partial charge in [0.05, 0.1) is 24.3 Å². The number of hydrogen-bond acceptors (Lipinski definition) is 5. The molecule has 0 aliphatic rings. The number of anilines is 2. The molecule has 7 heteroatoms. The van der Waals surface area contributed by atoms with Gasteiger partial charge in [0.25, 0.3) is 0 Å². The molecule has 39 heavy (non-hydrogen) atoms. The smallest absolute Gasteiger partial charge is 0.145 e. The summed E-state index contributed by atoms with van der Waals surface area (Å²) < 4.78 is 17.7. The second-order valence-corrected chi connectivity index (χ2v) is 14.1. The molecule has 2 aromatic carbocycles. The van der Waals surface area contributed by atoms with Crippen molar-refractivity contribution in [1.29, 1.82) is 0 Å². The van der Waals surface area contributed by atoms with Crippen LogP contribution < -0.4 is 19.6 Å².